The fourth-order valence-electron chi connectivity index (χ4n) is 2.95. The van der Waals surface area contributed by atoms with Crippen LogP contribution in [0.2, 0.25) is 5.02 Å². The van der Waals surface area contributed by atoms with Crippen molar-refractivity contribution in [1.29, 1.82) is 5.26 Å². The van der Waals surface area contributed by atoms with E-state index in [0.29, 0.717) is 11.3 Å². The molecule has 0 aliphatic heterocycles. The first kappa shape index (κ1) is 23.0. The van der Waals surface area contributed by atoms with Gasteiger partial charge in [-0.05, 0) is 49.2 Å². The standard InChI is InChI=1S/C22H24ClN3O4/c1-14(2)20(21(25)27)26(22(28)30-19-7-5-4-6-18(19)23)15(3)13-29-17-10-8-16(12-24)9-11-17/h4-11,14-15,20H,13H2,1-3H3,(H2,25,27)/t15?,20-/m0/s1. The van der Waals surface area contributed by atoms with Gasteiger partial charge in [-0.2, -0.15) is 5.26 Å². The van der Waals surface area contributed by atoms with Crippen LogP contribution >= 0.6 is 11.6 Å². The van der Waals surface area contributed by atoms with Crippen LogP contribution in [0.4, 0.5) is 4.79 Å². The highest BCUT2D eigenvalue weighted by Gasteiger charge is 2.36. The number of amides is 2. The van der Waals surface area contributed by atoms with Gasteiger partial charge in [-0.3, -0.25) is 9.69 Å². The number of hydrogen-bond donors (Lipinski definition) is 1. The van der Waals surface area contributed by atoms with Gasteiger partial charge in [-0.25, -0.2) is 4.79 Å². The molecular formula is C22H24ClN3O4. The zero-order chi connectivity index (χ0) is 22.3. The summed E-state index contributed by atoms with van der Waals surface area (Å²) in [7, 11) is 0. The molecule has 0 spiro atoms. The summed E-state index contributed by atoms with van der Waals surface area (Å²) >= 11 is 6.09. The maximum atomic E-state index is 13.0. The highest BCUT2D eigenvalue weighted by atomic mass is 35.5. The number of nitriles is 1. The van der Waals surface area contributed by atoms with Gasteiger partial charge in [0.05, 0.1) is 22.7 Å². The highest BCUT2D eigenvalue weighted by molar-refractivity contribution is 6.32. The minimum absolute atomic E-state index is 0.0834. The Bertz CT molecular complexity index is 925. The van der Waals surface area contributed by atoms with E-state index in [9.17, 15) is 9.59 Å². The molecule has 0 aliphatic carbocycles. The van der Waals surface area contributed by atoms with Crippen molar-refractivity contribution in [2.45, 2.75) is 32.9 Å². The topological polar surface area (TPSA) is 106 Å². The van der Waals surface area contributed by atoms with Gasteiger partial charge in [0.25, 0.3) is 0 Å². The van der Waals surface area contributed by atoms with E-state index >= 15 is 0 Å². The van der Waals surface area contributed by atoms with E-state index < -0.39 is 24.1 Å². The lowest BCUT2D eigenvalue weighted by Gasteiger charge is -2.35. The van der Waals surface area contributed by atoms with Gasteiger partial charge in [0.2, 0.25) is 5.91 Å². The number of hydrogen-bond acceptors (Lipinski definition) is 5. The number of primary amides is 1. The minimum Gasteiger partial charge on any atom is -0.491 e. The summed E-state index contributed by atoms with van der Waals surface area (Å²) in [6.07, 6.45) is -0.753. The molecule has 158 valence electrons. The Morgan fingerprint density at radius 3 is 2.30 bits per heavy atom. The van der Waals surface area contributed by atoms with E-state index in [1.165, 1.54) is 4.90 Å². The molecule has 2 atom stereocenters. The molecule has 2 amide bonds. The first-order valence-electron chi connectivity index (χ1n) is 9.41. The van der Waals surface area contributed by atoms with E-state index in [1.54, 1.807) is 69.3 Å². The van der Waals surface area contributed by atoms with Crippen LogP contribution in [0.3, 0.4) is 0 Å². The summed E-state index contributed by atoms with van der Waals surface area (Å²) in [4.78, 5) is 26.4. The van der Waals surface area contributed by atoms with Crippen LogP contribution in [0.5, 0.6) is 11.5 Å². The smallest absolute Gasteiger partial charge is 0.416 e. The Balaban J connectivity index is 2.22. The van der Waals surface area contributed by atoms with Crippen LogP contribution in [-0.4, -0.2) is 35.6 Å². The average molecular weight is 430 g/mol. The maximum Gasteiger partial charge on any atom is 0.416 e. The van der Waals surface area contributed by atoms with Gasteiger partial charge in [0.1, 0.15) is 18.4 Å². The molecule has 7 nitrogen and oxygen atoms in total. The molecule has 2 aromatic carbocycles. The zero-order valence-electron chi connectivity index (χ0n) is 17.0. The third kappa shape index (κ3) is 5.88. The first-order valence-corrected chi connectivity index (χ1v) is 9.79. The van der Waals surface area contributed by atoms with Crippen molar-refractivity contribution in [2.75, 3.05) is 6.61 Å². The Labute approximate surface area is 180 Å². The summed E-state index contributed by atoms with van der Waals surface area (Å²) in [6, 6.07) is 13.7. The molecule has 0 heterocycles. The van der Waals surface area contributed by atoms with Crippen molar-refractivity contribution in [1.82, 2.24) is 4.90 Å². The summed E-state index contributed by atoms with van der Waals surface area (Å²) in [5, 5.41) is 9.15. The van der Waals surface area contributed by atoms with Gasteiger partial charge >= 0.3 is 6.09 Å². The second kappa shape index (κ2) is 10.5. The van der Waals surface area contributed by atoms with Crippen molar-refractivity contribution in [3.8, 4) is 17.6 Å². The number of nitrogens with zero attached hydrogens (tertiary/aromatic N) is 2. The van der Waals surface area contributed by atoms with Gasteiger partial charge in [0, 0.05) is 0 Å². The predicted octanol–water partition coefficient (Wildman–Crippen LogP) is 3.99. The number of carbonyl (C=O) groups is 2. The fraction of sp³-hybridized carbons (Fsp3) is 0.318. The summed E-state index contributed by atoms with van der Waals surface area (Å²) in [5.74, 6) is -0.188. The normalized spacial score (nSPS) is 12.5. The van der Waals surface area contributed by atoms with Gasteiger partial charge in [-0.15, -0.1) is 0 Å². The fourth-order valence-corrected chi connectivity index (χ4v) is 3.13. The van der Waals surface area contributed by atoms with Gasteiger partial charge < -0.3 is 15.2 Å². The van der Waals surface area contributed by atoms with Crippen molar-refractivity contribution < 1.29 is 19.1 Å². The molecule has 0 saturated heterocycles. The molecule has 0 bridgehead atoms. The molecule has 30 heavy (non-hydrogen) atoms. The number of nitrogens with two attached hydrogens (primary N) is 1. The van der Waals surface area contributed by atoms with E-state index in [1.807, 2.05) is 6.07 Å². The van der Waals surface area contributed by atoms with E-state index in [2.05, 4.69) is 0 Å². The van der Waals surface area contributed by atoms with Gasteiger partial charge in [-0.1, -0.05) is 37.6 Å². The van der Waals surface area contributed by atoms with Crippen LogP contribution in [0.1, 0.15) is 26.3 Å². The number of halogens is 1. The third-order valence-electron chi connectivity index (χ3n) is 4.42. The molecule has 2 N–H and O–H groups in total. The van der Waals surface area contributed by atoms with Crippen molar-refractivity contribution in [3.05, 3.63) is 59.1 Å². The first-order chi connectivity index (χ1) is 14.2. The van der Waals surface area contributed by atoms with Crippen molar-refractivity contribution in [3.63, 3.8) is 0 Å². The summed E-state index contributed by atoms with van der Waals surface area (Å²) in [6.45, 7) is 5.40. The lowest BCUT2D eigenvalue weighted by Crippen LogP contribution is -2.56. The minimum atomic E-state index is -0.903. The van der Waals surface area contributed by atoms with E-state index in [-0.39, 0.29) is 23.3 Å². The molecule has 8 heteroatoms. The van der Waals surface area contributed by atoms with E-state index in [0.717, 1.165) is 0 Å². The molecule has 2 rings (SSSR count). The number of carbonyl (C=O) groups excluding carboxylic acids is 2. The molecule has 0 saturated carbocycles. The molecule has 0 aromatic heterocycles. The van der Waals surface area contributed by atoms with Crippen LogP contribution in [0, 0.1) is 17.2 Å². The monoisotopic (exact) mass is 429 g/mol. The zero-order valence-corrected chi connectivity index (χ0v) is 17.8. The number of rotatable bonds is 8. The van der Waals surface area contributed by atoms with Crippen molar-refractivity contribution >= 4 is 23.6 Å². The largest absolute Gasteiger partial charge is 0.491 e. The molecule has 2 aromatic rings. The highest BCUT2D eigenvalue weighted by Crippen LogP contribution is 2.25. The Kier molecular flexibility index (Phi) is 8.07. The average Bonchev–Trinajstić information content (AvgIpc) is 2.71. The number of benzene rings is 2. The summed E-state index contributed by atoms with van der Waals surface area (Å²) < 4.78 is 11.2. The molecule has 0 fully saturated rings. The SMILES string of the molecule is CC(C)[C@@H](C(N)=O)N(C(=O)Oc1ccccc1Cl)C(C)COc1ccc(C#N)cc1. The quantitative estimate of drug-likeness (QED) is 0.682. The Morgan fingerprint density at radius 2 is 1.77 bits per heavy atom. The van der Waals surface area contributed by atoms with Gasteiger partial charge in [0.15, 0.2) is 5.75 Å². The summed E-state index contributed by atoms with van der Waals surface area (Å²) in [5.41, 5.74) is 6.10. The van der Waals surface area contributed by atoms with Crippen molar-refractivity contribution in [2.24, 2.45) is 11.7 Å². The Morgan fingerprint density at radius 1 is 1.13 bits per heavy atom. The second-order valence-corrected chi connectivity index (χ2v) is 7.50. The molecule has 0 aliphatic rings. The number of ether oxygens (including phenoxy) is 2. The molecule has 1 unspecified atom stereocenters. The van der Waals surface area contributed by atoms with E-state index in [4.69, 9.17) is 32.1 Å². The molecular weight excluding hydrogens is 406 g/mol. The predicted molar refractivity (Wildman–Crippen MR) is 113 cm³/mol. The maximum absolute atomic E-state index is 13.0. The molecule has 0 radical (unpaired) electrons. The van der Waals surface area contributed by atoms with Crippen LogP contribution in [-0.2, 0) is 4.79 Å². The third-order valence-corrected chi connectivity index (χ3v) is 4.73. The lowest BCUT2D eigenvalue weighted by molar-refractivity contribution is -0.125. The second-order valence-electron chi connectivity index (χ2n) is 7.09. The van der Waals surface area contributed by atoms with Crippen LogP contribution in [0.15, 0.2) is 48.5 Å². The van der Waals surface area contributed by atoms with Crippen LogP contribution < -0.4 is 15.2 Å². The Hall–Kier alpha value is -3.24. The number of para-hydroxylation sites is 1. The van der Waals surface area contributed by atoms with Crippen LogP contribution in [0.25, 0.3) is 0 Å². The lowest BCUT2D eigenvalue weighted by atomic mass is 10.0.